The summed E-state index contributed by atoms with van der Waals surface area (Å²) in [6.45, 7) is 3.24. The fourth-order valence-corrected chi connectivity index (χ4v) is 2.60. The monoisotopic (exact) mass is 405 g/mol. The predicted molar refractivity (Wildman–Crippen MR) is 106 cm³/mol. The van der Waals surface area contributed by atoms with Crippen molar-refractivity contribution in [2.45, 2.75) is 13.8 Å². The lowest BCUT2D eigenvalue weighted by Gasteiger charge is -2.21. The summed E-state index contributed by atoms with van der Waals surface area (Å²) in [5.41, 5.74) is 1.18. The topological polar surface area (TPSA) is 102 Å². The van der Waals surface area contributed by atoms with E-state index in [4.69, 9.17) is 16.3 Å². The molecule has 2 aromatic rings. The molecule has 0 saturated carbocycles. The Morgan fingerprint density at radius 2 is 1.96 bits per heavy atom. The fourth-order valence-electron chi connectivity index (χ4n) is 2.43. The Bertz CT molecular complexity index is 888. The van der Waals surface area contributed by atoms with Crippen LogP contribution in [0.3, 0.4) is 0 Å². The standard InChI is InChI=1S/C19H20ClN3O5/c1-3-22(11-18(24)21-15-10-14(20)9-8-13(15)2)19(25)12-28-17-7-5-4-6-16(17)23(26)27/h4-10H,3,11-12H2,1-2H3,(H,21,24). The summed E-state index contributed by atoms with van der Waals surface area (Å²) in [4.78, 5) is 36.4. The summed E-state index contributed by atoms with van der Waals surface area (Å²) in [6.07, 6.45) is 0. The van der Waals surface area contributed by atoms with E-state index < -0.39 is 17.4 Å². The maximum absolute atomic E-state index is 12.4. The third-order valence-corrected chi connectivity index (χ3v) is 4.19. The number of nitrogens with zero attached hydrogens (tertiary/aromatic N) is 2. The first-order valence-electron chi connectivity index (χ1n) is 8.51. The number of hydrogen-bond donors (Lipinski definition) is 1. The Hall–Kier alpha value is -3.13. The second kappa shape index (κ2) is 9.70. The van der Waals surface area contributed by atoms with Gasteiger partial charge < -0.3 is 15.0 Å². The number of benzene rings is 2. The van der Waals surface area contributed by atoms with Crippen molar-refractivity contribution in [1.82, 2.24) is 4.90 Å². The van der Waals surface area contributed by atoms with Crippen molar-refractivity contribution in [2.75, 3.05) is 25.0 Å². The maximum atomic E-state index is 12.4. The summed E-state index contributed by atoms with van der Waals surface area (Å²) >= 11 is 5.94. The number of nitro benzene ring substituents is 1. The lowest BCUT2D eigenvalue weighted by atomic mass is 10.2. The lowest BCUT2D eigenvalue weighted by Crippen LogP contribution is -2.40. The van der Waals surface area contributed by atoms with E-state index in [1.54, 1.807) is 31.2 Å². The minimum absolute atomic E-state index is 0.00379. The van der Waals surface area contributed by atoms with Gasteiger partial charge in [-0.25, -0.2) is 0 Å². The lowest BCUT2D eigenvalue weighted by molar-refractivity contribution is -0.385. The third-order valence-electron chi connectivity index (χ3n) is 3.96. The van der Waals surface area contributed by atoms with Crippen molar-refractivity contribution in [3.63, 3.8) is 0 Å². The van der Waals surface area contributed by atoms with E-state index in [0.29, 0.717) is 10.7 Å². The minimum atomic E-state index is -0.585. The van der Waals surface area contributed by atoms with Crippen molar-refractivity contribution in [1.29, 1.82) is 0 Å². The van der Waals surface area contributed by atoms with Crippen LogP contribution in [0.15, 0.2) is 42.5 Å². The minimum Gasteiger partial charge on any atom is -0.477 e. The molecule has 148 valence electrons. The summed E-state index contributed by atoms with van der Waals surface area (Å²) < 4.78 is 5.30. The average molecular weight is 406 g/mol. The molecule has 0 atom stereocenters. The van der Waals surface area contributed by atoms with Gasteiger partial charge in [0.25, 0.3) is 5.91 Å². The second-order valence-electron chi connectivity index (χ2n) is 5.93. The highest BCUT2D eigenvalue weighted by Gasteiger charge is 2.19. The van der Waals surface area contributed by atoms with Crippen LogP contribution in [0.2, 0.25) is 5.02 Å². The molecule has 0 aliphatic rings. The molecule has 0 heterocycles. The highest BCUT2D eigenvalue weighted by atomic mass is 35.5. The molecule has 0 aliphatic heterocycles. The number of ether oxygens (including phenoxy) is 1. The Balaban J connectivity index is 1.97. The van der Waals surface area contributed by atoms with Crippen LogP contribution < -0.4 is 10.1 Å². The first kappa shape index (κ1) is 21.2. The number of para-hydroxylation sites is 2. The molecule has 9 heteroatoms. The van der Waals surface area contributed by atoms with E-state index in [9.17, 15) is 19.7 Å². The van der Waals surface area contributed by atoms with Gasteiger partial charge in [0, 0.05) is 23.3 Å². The Morgan fingerprint density at radius 1 is 1.25 bits per heavy atom. The van der Waals surface area contributed by atoms with Crippen molar-refractivity contribution in [2.24, 2.45) is 0 Å². The predicted octanol–water partition coefficient (Wildman–Crippen LogP) is 3.42. The number of nitro groups is 1. The van der Waals surface area contributed by atoms with Crippen LogP contribution in [0.1, 0.15) is 12.5 Å². The summed E-state index contributed by atoms with van der Waals surface area (Å²) in [6, 6.07) is 10.9. The molecule has 2 rings (SSSR count). The quantitative estimate of drug-likeness (QED) is 0.535. The van der Waals surface area contributed by atoms with Gasteiger partial charge in [0.2, 0.25) is 5.91 Å². The van der Waals surface area contributed by atoms with Crippen LogP contribution in [-0.2, 0) is 9.59 Å². The van der Waals surface area contributed by atoms with Gasteiger partial charge in [-0.3, -0.25) is 19.7 Å². The van der Waals surface area contributed by atoms with E-state index in [-0.39, 0.29) is 30.4 Å². The van der Waals surface area contributed by atoms with Gasteiger partial charge in [0.15, 0.2) is 12.4 Å². The molecular formula is C19H20ClN3O5. The fraction of sp³-hybridized carbons (Fsp3) is 0.263. The molecule has 0 fully saturated rings. The summed E-state index contributed by atoms with van der Waals surface area (Å²) in [7, 11) is 0. The molecule has 0 aliphatic carbocycles. The van der Waals surface area contributed by atoms with Crippen LogP contribution in [0.5, 0.6) is 5.75 Å². The number of anilines is 1. The molecule has 1 N–H and O–H groups in total. The van der Waals surface area contributed by atoms with Gasteiger partial charge in [0.1, 0.15) is 0 Å². The summed E-state index contributed by atoms with van der Waals surface area (Å²) in [5.74, 6) is -0.846. The van der Waals surface area contributed by atoms with E-state index in [0.717, 1.165) is 5.56 Å². The molecule has 28 heavy (non-hydrogen) atoms. The van der Waals surface area contributed by atoms with Crippen LogP contribution in [0, 0.1) is 17.0 Å². The SMILES string of the molecule is CCN(CC(=O)Nc1cc(Cl)ccc1C)C(=O)COc1ccccc1[N+](=O)[O-]. The van der Waals surface area contributed by atoms with Crippen LogP contribution >= 0.6 is 11.6 Å². The molecule has 0 unspecified atom stereocenters. The van der Waals surface area contributed by atoms with Crippen molar-refractivity contribution >= 4 is 34.8 Å². The largest absolute Gasteiger partial charge is 0.477 e. The van der Waals surface area contributed by atoms with Crippen LogP contribution in [0.25, 0.3) is 0 Å². The Labute approximate surface area is 167 Å². The van der Waals surface area contributed by atoms with E-state index >= 15 is 0 Å². The molecular weight excluding hydrogens is 386 g/mol. The molecule has 0 radical (unpaired) electrons. The second-order valence-corrected chi connectivity index (χ2v) is 6.37. The molecule has 0 aromatic heterocycles. The number of halogens is 1. The average Bonchev–Trinajstić information content (AvgIpc) is 2.67. The summed E-state index contributed by atoms with van der Waals surface area (Å²) in [5, 5.41) is 14.2. The maximum Gasteiger partial charge on any atom is 0.310 e. The molecule has 0 bridgehead atoms. The first-order chi connectivity index (χ1) is 13.3. The van der Waals surface area contributed by atoms with Crippen molar-refractivity contribution in [3.05, 3.63) is 63.2 Å². The van der Waals surface area contributed by atoms with Gasteiger partial charge in [-0.2, -0.15) is 0 Å². The van der Waals surface area contributed by atoms with E-state index in [2.05, 4.69) is 5.32 Å². The number of likely N-dealkylation sites (N-methyl/N-ethyl adjacent to an activating group) is 1. The molecule has 2 amide bonds. The van der Waals surface area contributed by atoms with Gasteiger partial charge in [-0.05, 0) is 37.6 Å². The molecule has 0 saturated heterocycles. The van der Waals surface area contributed by atoms with Crippen LogP contribution in [-0.4, -0.2) is 41.3 Å². The highest BCUT2D eigenvalue weighted by molar-refractivity contribution is 6.31. The van der Waals surface area contributed by atoms with Gasteiger partial charge >= 0.3 is 5.69 Å². The van der Waals surface area contributed by atoms with Gasteiger partial charge in [0.05, 0.1) is 11.5 Å². The highest BCUT2D eigenvalue weighted by Crippen LogP contribution is 2.25. The normalized spacial score (nSPS) is 10.2. The van der Waals surface area contributed by atoms with Gasteiger partial charge in [-0.1, -0.05) is 29.8 Å². The number of amides is 2. The number of carbonyl (C=O) groups excluding carboxylic acids is 2. The molecule has 0 spiro atoms. The third kappa shape index (κ3) is 5.68. The Morgan fingerprint density at radius 3 is 2.64 bits per heavy atom. The van der Waals surface area contributed by atoms with E-state index in [1.807, 2.05) is 6.92 Å². The van der Waals surface area contributed by atoms with Crippen LogP contribution in [0.4, 0.5) is 11.4 Å². The molecule has 8 nitrogen and oxygen atoms in total. The zero-order valence-corrected chi connectivity index (χ0v) is 16.2. The first-order valence-corrected chi connectivity index (χ1v) is 8.89. The zero-order chi connectivity index (χ0) is 20.7. The number of aryl methyl sites for hydroxylation is 1. The van der Waals surface area contributed by atoms with Gasteiger partial charge in [-0.15, -0.1) is 0 Å². The number of hydrogen-bond acceptors (Lipinski definition) is 5. The number of nitrogens with one attached hydrogen (secondary N) is 1. The number of carbonyl (C=O) groups is 2. The molecule has 2 aromatic carbocycles. The van der Waals surface area contributed by atoms with E-state index in [1.165, 1.54) is 23.1 Å². The number of rotatable bonds is 8. The van der Waals surface area contributed by atoms with Crippen molar-refractivity contribution in [3.8, 4) is 5.75 Å². The smallest absolute Gasteiger partial charge is 0.310 e. The zero-order valence-electron chi connectivity index (χ0n) is 15.5. The Kier molecular flexibility index (Phi) is 7.34. The van der Waals surface area contributed by atoms with Crippen molar-refractivity contribution < 1.29 is 19.2 Å².